The molecule has 1 aromatic rings. The van der Waals surface area contributed by atoms with Crippen molar-refractivity contribution in [3.63, 3.8) is 0 Å². The van der Waals surface area contributed by atoms with E-state index < -0.39 is 11.6 Å². The molecule has 0 fully saturated rings. The molecule has 1 aromatic carbocycles. The van der Waals surface area contributed by atoms with E-state index in [-0.39, 0.29) is 6.04 Å². The Balaban J connectivity index is 2.83. The Kier molecular flexibility index (Phi) is 6.43. The summed E-state index contributed by atoms with van der Waals surface area (Å²) in [5.74, 6) is -0.264. The van der Waals surface area contributed by atoms with Gasteiger partial charge in [0.1, 0.15) is 11.6 Å². The van der Waals surface area contributed by atoms with Crippen LogP contribution in [0.5, 0.6) is 0 Å². The van der Waals surface area contributed by atoms with Crippen LogP contribution in [-0.4, -0.2) is 6.54 Å². The highest BCUT2D eigenvalue weighted by Gasteiger charge is 2.16. The van der Waals surface area contributed by atoms with Gasteiger partial charge in [-0.25, -0.2) is 8.78 Å². The number of hydrogen-bond acceptors (Lipinski definition) is 1. The third-order valence-electron chi connectivity index (χ3n) is 3.38. The summed E-state index contributed by atoms with van der Waals surface area (Å²) in [7, 11) is 0. The Morgan fingerprint density at radius 2 is 1.79 bits per heavy atom. The van der Waals surface area contributed by atoms with Crippen molar-refractivity contribution in [1.82, 2.24) is 5.32 Å². The lowest BCUT2D eigenvalue weighted by atomic mass is 9.96. The predicted molar refractivity (Wildman–Crippen MR) is 76.2 cm³/mol. The molecule has 0 aromatic heterocycles. The molecule has 0 saturated heterocycles. The van der Waals surface area contributed by atoms with E-state index in [0.29, 0.717) is 17.0 Å². The lowest BCUT2D eigenvalue weighted by Crippen LogP contribution is -2.22. The number of halogens is 2. The third-order valence-corrected chi connectivity index (χ3v) is 3.38. The maximum absolute atomic E-state index is 13.9. The molecular weight excluding hydrogens is 244 g/mol. The van der Waals surface area contributed by atoms with E-state index in [4.69, 9.17) is 0 Å². The van der Waals surface area contributed by atoms with E-state index in [1.807, 2.05) is 6.92 Å². The molecule has 0 aliphatic rings. The fourth-order valence-electron chi connectivity index (χ4n) is 2.29. The van der Waals surface area contributed by atoms with Gasteiger partial charge in [-0.05, 0) is 37.4 Å². The Morgan fingerprint density at radius 1 is 1.11 bits per heavy atom. The zero-order valence-corrected chi connectivity index (χ0v) is 12.4. The van der Waals surface area contributed by atoms with Gasteiger partial charge < -0.3 is 5.32 Å². The molecule has 0 heterocycles. The van der Waals surface area contributed by atoms with Gasteiger partial charge in [0.05, 0.1) is 0 Å². The number of nitrogens with one attached hydrogen (secondary N) is 1. The molecule has 108 valence electrons. The van der Waals surface area contributed by atoms with Gasteiger partial charge in [-0.2, -0.15) is 0 Å². The van der Waals surface area contributed by atoms with Crippen LogP contribution in [0.1, 0.15) is 57.2 Å². The molecule has 1 N–H and O–H groups in total. The Morgan fingerprint density at radius 3 is 2.37 bits per heavy atom. The first-order valence-electron chi connectivity index (χ1n) is 7.14. The minimum absolute atomic E-state index is 0.0250. The van der Waals surface area contributed by atoms with Crippen LogP contribution in [0.3, 0.4) is 0 Å². The molecule has 0 radical (unpaired) electrons. The van der Waals surface area contributed by atoms with E-state index in [1.54, 1.807) is 13.0 Å². The Labute approximate surface area is 115 Å². The molecule has 0 amide bonds. The summed E-state index contributed by atoms with van der Waals surface area (Å²) < 4.78 is 27.2. The summed E-state index contributed by atoms with van der Waals surface area (Å²) in [6, 6.07) is 2.60. The number of benzene rings is 1. The summed E-state index contributed by atoms with van der Waals surface area (Å²) in [5, 5.41) is 3.30. The fraction of sp³-hybridized carbons (Fsp3) is 0.625. The molecule has 1 unspecified atom stereocenters. The van der Waals surface area contributed by atoms with Crippen molar-refractivity contribution in [2.45, 2.75) is 53.0 Å². The second-order valence-electron chi connectivity index (χ2n) is 5.56. The van der Waals surface area contributed by atoms with E-state index in [2.05, 4.69) is 19.2 Å². The van der Waals surface area contributed by atoms with Crippen LogP contribution >= 0.6 is 0 Å². The smallest absolute Gasteiger partial charge is 0.130 e. The number of hydrogen-bond donors (Lipinski definition) is 1. The lowest BCUT2D eigenvalue weighted by Gasteiger charge is -2.20. The second kappa shape index (κ2) is 7.59. The summed E-state index contributed by atoms with van der Waals surface area (Å²) >= 11 is 0. The summed E-state index contributed by atoms with van der Waals surface area (Å²) in [6.45, 7) is 8.83. The van der Waals surface area contributed by atoms with E-state index in [1.165, 1.54) is 0 Å². The van der Waals surface area contributed by atoms with Crippen LogP contribution in [0, 0.1) is 24.5 Å². The SMILES string of the molecule is CCNC(CCCC(C)C)c1cc(C)c(F)cc1F. The maximum atomic E-state index is 13.9. The van der Waals surface area contributed by atoms with Crippen LogP contribution in [0.25, 0.3) is 0 Å². The molecule has 19 heavy (non-hydrogen) atoms. The minimum atomic E-state index is -0.473. The van der Waals surface area contributed by atoms with Gasteiger partial charge in [0, 0.05) is 17.7 Å². The molecule has 0 spiro atoms. The van der Waals surface area contributed by atoms with E-state index >= 15 is 0 Å². The summed E-state index contributed by atoms with van der Waals surface area (Å²) in [6.07, 6.45) is 3.06. The van der Waals surface area contributed by atoms with Gasteiger partial charge in [0.2, 0.25) is 0 Å². The molecule has 0 aliphatic carbocycles. The molecule has 0 aliphatic heterocycles. The minimum Gasteiger partial charge on any atom is -0.310 e. The topological polar surface area (TPSA) is 12.0 Å². The lowest BCUT2D eigenvalue weighted by molar-refractivity contribution is 0.439. The Bertz CT molecular complexity index is 402. The van der Waals surface area contributed by atoms with Crippen molar-refractivity contribution in [2.24, 2.45) is 5.92 Å². The third kappa shape index (κ3) is 4.90. The zero-order valence-electron chi connectivity index (χ0n) is 12.4. The van der Waals surface area contributed by atoms with Crippen molar-refractivity contribution in [3.05, 3.63) is 34.9 Å². The van der Waals surface area contributed by atoms with Crippen LogP contribution < -0.4 is 5.32 Å². The first kappa shape index (κ1) is 16.1. The highest BCUT2D eigenvalue weighted by Crippen LogP contribution is 2.25. The average molecular weight is 269 g/mol. The normalized spacial score (nSPS) is 13.0. The number of aryl methyl sites for hydroxylation is 1. The van der Waals surface area contributed by atoms with Crippen molar-refractivity contribution in [1.29, 1.82) is 0 Å². The first-order valence-corrected chi connectivity index (χ1v) is 7.14. The predicted octanol–water partition coefficient (Wildman–Crippen LogP) is 4.75. The van der Waals surface area contributed by atoms with Crippen molar-refractivity contribution in [3.8, 4) is 0 Å². The average Bonchev–Trinajstić information content (AvgIpc) is 2.32. The van der Waals surface area contributed by atoms with Gasteiger partial charge in [-0.3, -0.25) is 0 Å². The fourth-order valence-corrected chi connectivity index (χ4v) is 2.29. The van der Waals surface area contributed by atoms with Crippen LogP contribution in [0.15, 0.2) is 12.1 Å². The standard InChI is InChI=1S/C16H25F2N/c1-5-19-16(8-6-7-11(2)3)13-9-12(4)14(17)10-15(13)18/h9-11,16,19H,5-8H2,1-4H3. The van der Waals surface area contributed by atoms with Gasteiger partial charge in [0.15, 0.2) is 0 Å². The first-order chi connectivity index (χ1) is 8.95. The zero-order chi connectivity index (χ0) is 14.4. The highest BCUT2D eigenvalue weighted by molar-refractivity contribution is 5.28. The quantitative estimate of drug-likeness (QED) is 0.753. The molecule has 1 atom stereocenters. The monoisotopic (exact) mass is 269 g/mol. The molecule has 0 bridgehead atoms. The number of rotatable bonds is 7. The molecule has 3 heteroatoms. The molecule has 1 nitrogen and oxygen atoms in total. The van der Waals surface area contributed by atoms with Gasteiger partial charge in [-0.15, -0.1) is 0 Å². The summed E-state index contributed by atoms with van der Waals surface area (Å²) in [5.41, 5.74) is 1.09. The van der Waals surface area contributed by atoms with E-state index in [0.717, 1.165) is 31.9 Å². The van der Waals surface area contributed by atoms with Crippen molar-refractivity contribution < 1.29 is 8.78 Å². The highest BCUT2D eigenvalue weighted by atomic mass is 19.1. The largest absolute Gasteiger partial charge is 0.310 e. The van der Waals surface area contributed by atoms with Gasteiger partial charge in [0.25, 0.3) is 0 Å². The maximum Gasteiger partial charge on any atom is 0.130 e. The molecule has 0 saturated carbocycles. The van der Waals surface area contributed by atoms with E-state index in [9.17, 15) is 8.78 Å². The molecular formula is C16H25F2N. The van der Waals surface area contributed by atoms with Crippen LogP contribution in [0.4, 0.5) is 8.78 Å². The summed E-state index contributed by atoms with van der Waals surface area (Å²) in [4.78, 5) is 0. The van der Waals surface area contributed by atoms with Crippen LogP contribution in [-0.2, 0) is 0 Å². The molecule has 1 rings (SSSR count). The van der Waals surface area contributed by atoms with Crippen molar-refractivity contribution >= 4 is 0 Å². The van der Waals surface area contributed by atoms with Gasteiger partial charge >= 0.3 is 0 Å². The van der Waals surface area contributed by atoms with Crippen LogP contribution in [0.2, 0.25) is 0 Å². The Hall–Kier alpha value is -0.960. The second-order valence-corrected chi connectivity index (χ2v) is 5.56. The van der Waals surface area contributed by atoms with Gasteiger partial charge in [-0.1, -0.05) is 33.6 Å². The van der Waals surface area contributed by atoms with Crippen molar-refractivity contribution in [2.75, 3.05) is 6.54 Å².